The van der Waals surface area contributed by atoms with E-state index < -0.39 is 0 Å². The van der Waals surface area contributed by atoms with E-state index in [1.807, 2.05) is 6.07 Å². The Morgan fingerprint density at radius 3 is 2.39 bits per heavy atom. The number of hydrogen-bond donors (Lipinski definition) is 1. The highest BCUT2D eigenvalue weighted by atomic mass is 16.3. The van der Waals surface area contributed by atoms with Crippen LogP contribution in [0.5, 0.6) is 0 Å². The monoisotopic (exact) mass is 250 g/mol. The van der Waals surface area contributed by atoms with Crippen LogP contribution in [0.2, 0.25) is 0 Å². The Bertz CT molecular complexity index is 362. The summed E-state index contributed by atoms with van der Waals surface area (Å²) in [7, 11) is 0. The molecule has 1 heterocycles. The first kappa shape index (κ1) is 15.0. The zero-order valence-electron chi connectivity index (χ0n) is 12.1. The van der Waals surface area contributed by atoms with Gasteiger partial charge < -0.3 is 10.0 Å². The smallest absolute Gasteiger partial charge is 0.131 e. The second-order valence-electron chi connectivity index (χ2n) is 4.86. The largest absolute Gasteiger partial charge is 0.392 e. The maximum Gasteiger partial charge on any atom is 0.131 e. The van der Waals surface area contributed by atoms with Crippen LogP contribution in [0.15, 0.2) is 12.3 Å². The van der Waals surface area contributed by atoms with E-state index in [1.165, 1.54) is 12.8 Å². The number of hydrogen-bond acceptors (Lipinski definition) is 3. The van der Waals surface area contributed by atoms with Gasteiger partial charge in [-0.25, -0.2) is 4.98 Å². The lowest BCUT2D eigenvalue weighted by Gasteiger charge is -2.27. The van der Waals surface area contributed by atoms with Crippen molar-refractivity contribution in [1.82, 2.24) is 4.98 Å². The van der Waals surface area contributed by atoms with Crippen molar-refractivity contribution < 1.29 is 5.11 Å². The zero-order chi connectivity index (χ0) is 13.5. The van der Waals surface area contributed by atoms with Crippen molar-refractivity contribution in [3.8, 4) is 0 Å². The van der Waals surface area contributed by atoms with Gasteiger partial charge in [0.15, 0.2) is 0 Å². The van der Waals surface area contributed by atoms with Gasteiger partial charge in [0.05, 0.1) is 6.61 Å². The van der Waals surface area contributed by atoms with E-state index in [9.17, 15) is 0 Å². The first-order chi connectivity index (χ1) is 8.65. The van der Waals surface area contributed by atoms with Crippen molar-refractivity contribution in [2.45, 2.75) is 47.1 Å². The Kier molecular flexibility index (Phi) is 6.13. The topological polar surface area (TPSA) is 36.4 Å². The predicted molar refractivity (Wildman–Crippen MR) is 76.9 cm³/mol. The minimum atomic E-state index is 0.0623. The molecule has 0 saturated heterocycles. The van der Waals surface area contributed by atoms with Gasteiger partial charge in [-0.15, -0.1) is 0 Å². The summed E-state index contributed by atoms with van der Waals surface area (Å²) in [6.07, 6.45) is 4.19. The van der Waals surface area contributed by atoms with E-state index >= 15 is 0 Å². The van der Waals surface area contributed by atoms with Crippen molar-refractivity contribution in [3.05, 3.63) is 23.4 Å². The number of rotatable bonds is 7. The molecule has 0 amide bonds. The summed E-state index contributed by atoms with van der Waals surface area (Å²) in [5.74, 6) is 1.78. The third kappa shape index (κ3) is 3.70. The number of anilines is 1. The third-order valence-electron chi connectivity index (χ3n) is 3.60. The molecule has 1 N–H and O–H groups in total. The molecule has 102 valence electrons. The number of nitrogens with zero attached hydrogens (tertiary/aromatic N) is 2. The fraction of sp³-hybridized carbons (Fsp3) is 0.667. The molecule has 0 aromatic carbocycles. The molecule has 0 fully saturated rings. The van der Waals surface area contributed by atoms with E-state index in [0.717, 1.165) is 36.0 Å². The van der Waals surface area contributed by atoms with E-state index in [1.54, 1.807) is 6.20 Å². The maximum atomic E-state index is 9.12. The molecule has 3 heteroatoms. The van der Waals surface area contributed by atoms with Gasteiger partial charge in [-0.1, -0.05) is 26.7 Å². The van der Waals surface area contributed by atoms with Crippen molar-refractivity contribution in [3.63, 3.8) is 0 Å². The molecule has 0 radical (unpaired) electrons. The Balaban J connectivity index is 2.87. The quantitative estimate of drug-likeness (QED) is 0.807. The summed E-state index contributed by atoms with van der Waals surface area (Å²) < 4.78 is 0. The van der Waals surface area contributed by atoms with Crippen LogP contribution in [0, 0.1) is 12.8 Å². The van der Waals surface area contributed by atoms with Crippen LogP contribution < -0.4 is 4.90 Å². The van der Waals surface area contributed by atoms with Crippen molar-refractivity contribution in [2.24, 2.45) is 5.92 Å². The van der Waals surface area contributed by atoms with E-state index in [0.29, 0.717) is 0 Å². The lowest BCUT2D eigenvalue weighted by atomic mass is 10.0. The third-order valence-corrected chi connectivity index (χ3v) is 3.60. The van der Waals surface area contributed by atoms with Gasteiger partial charge in [-0.3, -0.25) is 0 Å². The molecule has 18 heavy (non-hydrogen) atoms. The standard InChI is InChI=1S/C15H26N2O/c1-5-13(6-2)10-17(7-3)15-12(4)8-14(11-18)9-16-15/h8-9,13,18H,5-7,10-11H2,1-4H3. The molecule has 0 saturated carbocycles. The summed E-state index contributed by atoms with van der Waals surface area (Å²) in [6, 6.07) is 2.03. The van der Waals surface area contributed by atoms with Gasteiger partial charge >= 0.3 is 0 Å². The van der Waals surface area contributed by atoms with Crippen LogP contribution in [0.4, 0.5) is 5.82 Å². The lowest BCUT2D eigenvalue weighted by Crippen LogP contribution is -2.30. The minimum absolute atomic E-state index is 0.0623. The highest BCUT2D eigenvalue weighted by molar-refractivity contribution is 5.47. The molecule has 0 bridgehead atoms. The second-order valence-corrected chi connectivity index (χ2v) is 4.86. The average molecular weight is 250 g/mol. The summed E-state index contributed by atoms with van der Waals surface area (Å²) in [4.78, 5) is 6.85. The minimum Gasteiger partial charge on any atom is -0.392 e. The Morgan fingerprint density at radius 1 is 1.28 bits per heavy atom. The van der Waals surface area contributed by atoms with E-state index in [4.69, 9.17) is 5.11 Å². The fourth-order valence-electron chi connectivity index (χ4n) is 2.27. The van der Waals surface area contributed by atoms with Crippen LogP contribution in [0.3, 0.4) is 0 Å². The van der Waals surface area contributed by atoms with Crippen LogP contribution in [-0.2, 0) is 6.61 Å². The van der Waals surface area contributed by atoms with Crippen molar-refractivity contribution in [1.29, 1.82) is 0 Å². The second kappa shape index (κ2) is 7.37. The van der Waals surface area contributed by atoms with Gasteiger partial charge in [0.2, 0.25) is 0 Å². The molecule has 1 rings (SSSR count). The highest BCUT2D eigenvalue weighted by Crippen LogP contribution is 2.20. The summed E-state index contributed by atoms with van der Waals surface area (Å²) in [6.45, 7) is 10.8. The predicted octanol–water partition coefficient (Wildman–Crippen LogP) is 3.14. The lowest BCUT2D eigenvalue weighted by molar-refractivity contribution is 0.281. The Labute approximate surface area is 111 Å². The molecule has 0 aliphatic heterocycles. The SMILES string of the molecule is CCC(CC)CN(CC)c1ncc(CO)cc1C. The van der Waals surface area contributed by atoms with Gasteiger partial charge in [0.25, 0.3) is 0 Å². The summed E-state index contributed by atoms with van der Waals surface area (Å²) in [5.41, 5.74) is 2.03. The van der Waals surface area contributed by atoms with Crippen LogP contribution in [0.1, 0.15) is 44.7 Å². The van der Waals surface area contributed by atoms with Gasteiger partial charge in [0.1, 0.15) is 5.82 Å². The molecule has 0 unspecified atom stereocenters. The Morgan fingerprint density at radius 2 is 1.94 bits per heavy atom. The molecule has 1 aromatic heterocycles. The summed E-state index contributed by atoms with van der Waals surface area (Å²) in [5, 5.41) is 9.12. The first-order valence-corrected chi connectivity index (χ1v) is 6.97. The molecule has 3 nitrogen and oxygen atoms in total. The average Bonchev–Trinajstić information content (AvgIpc) is 2.41. The normalized spacial score (nSPS) is 11.0. The number of aliphatic hydroxyl groups is 1. The fourth-order valence-corrected chi connectivity index (χ4v) is 2.27. The molecule has 0 aliphatic carbocycles. The van der Waals surface area contributed by atoms with Gasteiger partial charge in [0, 0.05) is 19.3 Å². The molecular weight excluding hydrogens is 224 g/mol. The molecule has 1 aromatic rings. The highest BCUT2D eigenvalue weighted by Gasteiger charge is 2.13. The Hall–Kier alpha value is -1.09. The number of pyridine rings is 1. The number of aliphatic hydroxyl groups excluding tert-OH is 1. The van der Waals surface area contributed by atoms with Crippen LogP contribution in [-0.4, -0.2) is 23.2 Å². The summed E-state index contributed by atoms with van der Waals surface area (Å²) >= 11 is 0. The van der Waals surface area contributed by atoms with Gasteiger partial charge in [-0.05, 0) is 37.0 Å². The zero-order valence-corrected chi connectivity index (χ0v) is 12.1. The van der Waals surface area contributed by atoms with E-state index in [-0.39, 0.29) is 6.61 Å². The molecular formula is C15H26N2O. The van der Waals surface area contributed by atoms with Crippen molar-refractivity contribution >= 4 is 5.82 Å². The first-order valence-electron chi connectivity index (χ1n) is 6.97. The number of aryl methyl sites for hydroxylation is 1. The van der Waals surface area contributed by atoms with Gasteiger partial charge in [-0.2, -0.15) is 0 Å². The molecule has 0 atom stereocenters. The maximum absolute atomic E-state index is 9.12. The van der Waals surface area contributed by atoms with E-state index in [2.05, 4.69) is 37.6 Å². The van der Waals surface area contributed by atoms with Crippen LogP contribution >= 0.6 is 0 Å². The van der Waals surface area contributed by atoms with Crippen molar-refractivity contribution in [2.75, 3.05) is 18.0 Å². The molecule has 0 aliphatic rings. The number of aromatic nitrogens is 1. The molecule has 0 spiro atoms. The van der Waals surface area contributed by atoms with Crippen LogP contribution in [0.25, 0.3) is 0 Å².